The monoisotopic (exact) mass is 393 g/mol. The van der Waals surface area contributed by atoms with E-state index in [9.17, 15) is 13.2 Å². The van der Waals surface area contributed by atoms with Crippen molar-refractivity contribution in [1.29, 1.82) is 0 Å². The highest BCUT2D eigenvalue weighted by molar-refractivity contribution is 7.89. The Labute approximate surface area is 166 Å². The van der Waals surface area contributed by atoms with Crippen molar-refractivity contribution in [2.75, 3.05) is 0 Å². The summed E-state index contributed by atoms with van der Waals surface area (Å²) in [7, 11) is -3.76. The Morgan fingerprint density at radius 3 is 1.93 bits per heavy atom. The number of aryl methyl sites for hydroxylation is 2. The Bertz CT molecular complexity index is 1040. The Balaban J connectivity index is 1.90. The first-order valence-corrected chi connectivity index (χ1v) is 10.6. The third-order valence-corrected chi connectivity index (χ3v) is 6.08. The van der Waals surface area contributed by atoms with Crippen LogP contribution in [0.2, 0.25) is 0 Å². The number of sulfonamides is 1. The van der Waals surface area contributed by atoms with Gasteiger partial charge < -0.3 is 0 Å². The normalized spacial score (nSPS) is 12.5. The predicted molar refractivity (Wildman–Crippen MR) is 111 cm³/mol. The van der Waals surface area contributed by atoms with E-state index in [2.05, 4.69) is 4.72 Å². The third-order valence-electron chi connectivity index (χ3n) is 4.59. The van der Waals surface area contributed by atoms with Gasteiger partial charge in [-0.2, -0.15) is 0 Å². The fourth-order valence-corrected chi connectivity index (χ4v) is 4.15. The first-order chi connectivity index (χ1) is 13.3. The number of hydrogen-bond donors (Lipinski definition) is 1. The maximum atomic E-state index is 12.9. The van der Waals surface area contributed by atoms with Crippen LogP contribution in [0.3, 0.4) is 0 Å². The fourth-order valence-electron chi connectivity index (χ4n) is 2.93. The van der Waals surface area contributed by atoms with E-state index in [0.717, 1.165) is 16.7 Å². The van der Waals surface area contributed by atoms with Crippen molar-refractivity contribution >= 4 is 15.8 Å². The molecule has 4 nitrogen and oxygen atoms in total. The van der Waals surface area contributed by atoms with Crippen LogP contribution in [0, 0.1) is 13.8 Å². The molecule has 0 aliphatic heterocycles. The molecule has 0 saturated heterocycles. The molecule has 3 aromatic rings. The number of hydrogen-bond acceptors (Lipinski definition) is 3. The first-order valence-electron chi connectivity index (χ1n) is 9.09. The number of nitrogens with one attached hydrogen (secondary N) is 1. The van der Waals surface area contributed by atoms with Gasteiger partial charge in [0.2, 0.25) is 10.0 Å². The second kappa shape index (κ2) is 8.50. The molecule has 1 N–H and O–H groups in total. The third kappa shape index (κ3) is 4.94. The number of ketones is 1. The van der Waals surface area contributed by atoms with E-state index in [1.807, 2.05) is 44.2 Å². The Morgan fingerprint density at radius 2 is 1.36 bits per heavy atom. The molecule has 0 fully saturated rings. The molecule has 0 radical (unpaired) electrons. The predicted octanol–water partition coefficient (Wildman–Crippen LogP) is 4.60. The van der Waals surface area contributed by atoms with Crippen LogP contribution in [0.25, 0.3) is 0 Å². The molecule has 3 rings (SSSR count). The van der Waals surface area contributed by atoms with E-state index in [4.69, 9.17) is 0 Å². The summed E-state index contributed by atoms with van der Waals surface area (Å²) in [5, 5.41) is 0. The second-order valence-electron chi connectivity index (χ2n) is 6.89. The van der Waals surface area contributed by atoms with Gasteiger partial charge >= 0.3 is 0 Å². The largest absolute Gasteiger partial charge is 0.294 e. The summed E-state index contributed by atoms with van der Waals surface area (Å²) in [6.07, 6.45) is 0.0398. The van der Waals surface area contributed by atoms with E-state index in [0.29, 0.717) is 5.56 Å². The summed E-state index contributed by atoms with van der Waals surface area (Å²) in [6, 6.07) is 22.5. The maximum Gasteiger partial charge on any atom is 0.241 e. The van der Waals surface area contributed by atoms with E-state index in [-0.39, 0.29) is 17.1 Å². The molecule has 0 aliphatic carbocycles. The zero-order chi connectivity index (χ0) is 20.1. The second-order valence-corrected chi connectivity index (χ2v) is 8.60. The number of rotatable bonds is 7. The fraction of sp³-hybridized carbons (Fsp3) is 0.174. The minimum absolute atomic E-state index is 0.0398. The highest BCUT2D eigenvalue weighted by Crippen LogP contribution is 2.23. The maximum absolute atomic E-state index is 12.9. The van der Waals surface area contributed by atoms with Gasteiger partial charge in [0.15, 0.2) is 5.78 Å². The van der Waals surface area contributed by atoms with Crippen LogP contribution in [-0.4, -0.2) is 14.2 Å². The summed E-state index contributed by atoms with van der Waals surface area (Å²) in [6.45, 7) is 3.86. The first kappa shape index (κ1) is 20.0. The molecular formula is C23H23NO3S. The van der Waals surface area contributed by atoms with Crippen LogP contribution in [0.15, 0.2) is 83.8 Å². The quantitative estimate of drug-likeness (QED) is 0.597. The van der Waals surface area contributed by atoms with Crippen molar-refractivity contribution in [2.24, 2.45) is 0 Å². The minimum Gasteiger partial charge on any atom is -0.294 e. The zero-order valence-electron chi connectivity index (χ0n) is 15.9. The van der Waals surface area contributed by atoms with Crippen molar-refractivity contribution in [3.05, 3.63) is 101 Å². The lowest BCUT2D eigenvalue weighted by molar-refractivity contribution is 0.0972. The van der Waals surface area contributed by atoms with Gasteiger partial charge in [-0.3, -0.25) is 4.79 Å². The van der Waals surface area contributed by atoms with Gasteiger partial charge in [0.25, 0.3) is 0 Å². The van der Waals surface area contributed by atoms with Crippen LogP contribution in [0.4, 0.5) is 0 Å². The van der Waals surface area contributed by atoms with E-state index < -0.39 is 16.1 Å². The molecular weight excluding hydrogens is 370 g/mol. The molecule has 0 heterocycles. The molecule has 144 valence electrons. The molecule has 0 aliphatic rings. The number of carbonyl (C=O) groups is 1. The van der Waals surface area contributed by atoms with Crippen molar-refractivity contribution < 1.29 is 13.2 Å². The van der Waals surface area contributed by atoms with Gasteiger partial charge in [0, 0.05) is 12.0 Å². The Morgan fingerprint density at radius 1 is 0.821 bits per heavy atom. The highest BCUT2D eigenvalue weighted by atomic mass is 32.2. The lowest BCUT2D eigenvalue weighted by Gasteiger charge is -2.19. The van der Waals surface area contributed by atoms with Crippen LogP contribution in [0.1, 0.15) is 39.5 Å². The summed E-state index contributed by atoms with van der Waals surface area (Å²) in [5.74, 6) is -0.113. The van der Waals surface area contributed by atoms with Crippen LogP contribution in [-0.2, 0) is 10.0 Å². The molecule has 0 spiro atoms. The zero-order valence-corrected chi connectivity index (χ0v) is 16.7. The molecule has 1 atom stereocenters. The van der Waals surface area contributed by atoms with Crippen LogP contribution < -0.4 is 4.72 Å². The van der Waals surface area contributed by atoms with Gasteiger partial charge in [-0.1, -0.05) is 77.9 Å². The standard InChI is InChI=1S/C23H23NO3S/c1-17-8-12-19(13-9-17)22(16-23(25)20-6-4-3-5-7-20)24-28(26,27)21-14-10-18(2)11-15-21/h3-15,22,24H,16H2,1-2H3/t22-/m0/s1. The number of Topliss-reactive ketones (excluding diaryl/α,β-unsaturated/α-hetero) is 1. The molecule has 0 amide bonds. The Hall–Kier alpha value is -2.76. The van der Waals surface area contributed by atoms with Gasteiger partial charge in [0.05, 0.1) is 10.9 Å². The average molecular weight is 394 g/mol. The molecule has 28 heavy (non-hydrogen) atoms. The van der Waals surface area contributed by atoms with E-state index >= 15 is 0 Å². The molecule has 5 heteroatoms. The molecule has 0 saturated carbocycles. The van der Waals surface area contributed by atoms with Crippen molar-refractivity contribution in [2.45, 2.75) is 31.2 Å². The van der Waals surface area contributed by atoms with Gasteiger partial charge in [-0.15, -0.1) is 0 Å². The van der Waals surface area contributed by atoms with E-state index in [1.54, 1.807) is 48.5 Å². The van der Waals surface area contributed by atoms with Gasteiger partial charge in [0.1, 0.15) is 0 Å². The lowest BCUT2D eigenvalue weighted by Crippen LogP contribution is -2.30. The van der Waals surface area contributed by atoms with E-state index in [1.165, 1.54) is 0 Å². The minimum atomic E-state index is -3.76. The summed E-state index contributed by atoms with van der Waals surface area (Å²) >= 11 is 0. The van der Waals surface area contributed by atoms with Crippen molar-refractivity contribution in [3.8, 4) is 0 Å². The highest BCUT2D eigenvalue weighted by Gasteiger charge is 2.24. The summed E-state index contributed by atoms with van der Waals surface area (Å²) in [4.78, 5) is 12.9. The van der Waals surface area contributed by atoms with Gasteiger partial charge in [-0.25, -0.2) is 13.1 Å². The van der Waals surface area contributed by atoms with Crippen molar-refractivity contribution in [3.63, 3.8) is 0 Å². The average Bonchev–Trinajstić information content (AvgIpc) is 2.69. The molecule has 3 aromatic carbocycles. The topological polar surface area (TPSA) is 63.2 Å². The van der Waals surface area contributed by atoms with Crippen LogP contribution >= 0.6 is 0 Å². The number of benzene rings is 3. The smallest absolute Gasteiger partial charge is 0.241 e. The molecule has 0 unspecified atom stereocenters. The summed E-state index contributed by atoms with van der Waals surface area (Å²) in [5.41, 5.74) is 3.37. The van der Waals surface area contributed by atoms with Gasteiger partial charge in [-0.05, 0) is 31.5 Å². The lowest BCUT2D eigenvalue weighted by atomic mass is 9.98. The molecule has 0 bridgehead atoms. The number of carbonyl (C=O) groups excluding carboxylic acids is 1. The molecule has 0 aromatic heterocycles. The summed E-state index contributed by atoms with van der Waals surface area (Å²) < 4.78 is 28.5. The Kier molecular flexibility index (Phi) is 6.07. The van der Waals surface area contributed by atoms with Crippen LogP contribution in [0.5, 0.6) is 0 Å². The SMILES string of the molecule is Cc1ccc([C@H](CC(=O)c2ccccc2)NS(=O)(=O)c2ccc(C)cc2)cc1. The van der Waals surface area contributed by atoms with Crippen molar-refractivity contribution in [1.82, 2.24) is 4.72 Å².